The molecule has 17 heavy (non-hydrogen) atoms. The number of carbonyl (C=O) groups excluding carboxylic acids is 1. The van der Waals surface area contributed by atoms with Crippen molar-refractivity contribution in [2.45, 2.75) is 26.2 Å². The second-order valence-corrected chi connectivity index (χ2v) is 3.96. The van der Waals surface area contributed by atoms with Crippen LogP contribution in [-0.2, 0) is 4.74 Å². The molecule has 0 radical (unpaired) electrons. The van der Waals surface area contributed by atoms with Gasteiger partial charge in [-0.05, 0) is 38.1 Å². The van der Waals surface area contributed by atoms with Gasteiger partial charge in [-0.1, -0.05) is 31.5 Å². The number of carbonyl (C=O) groups is 1. The fraction of sp³-hybridized carbons (Fsp3) is 0.500. The Bertz CT molecular complexity index is 311. The van der Waals surface area contributed by atoms with E-state index in [2.05, 4.69) is 12.2 Å². The molecule has 0 fully saturated rings. The number of rotatable bonds is 8. The Morgan fingerprint density at radius 1 is 1.18 bits per heavy atom. The molecule has 1 N–H and O–H groups in total. The summed E-state index contributed by atoms with van der Waals surface area (Å²) in [5.74, 6) is -0.237. The lowest BCUT2D eigenvalue weighted by Crippen LogP contribution is -2.18. The summed E-state index contributed by atoms with van der Waals surface area (Å²) in [7, 11) is 0. The Hall–Kier alpha value is -1.35. The Morgan fingerprint density at radius 2 is 1.88 bits per heavy atom. The van der Waals surface area contributed by atoms with Crippen molar-refractivity contribution in [3.63, 3.8) is 0 Å². The molecule has 0 saturated heterocycles. The van der Waals surface area contributed by atoms with Crippen molar-refractivity contribution < 1.29 is 9.53 Å². The lowest BCUT2D eigenvalue weighted by molar-refractivity contribution is 0.0501. The first kappa shape index (κ1) is 13.7. The number of hydrogen-bond donors (Lipinski definition) is 1. The number of ether oxygens (including phenoxy) is 1. The molecule has 0 atom stereocenters. The molecule has 94 valence electrons. The topological polar surface area (TPSA) is 38.3 Å². The van der Waals surface area contributed by atoms with Gasteiger partial charge in [0.25, 0.3) is 0 Å². The molecule has 0 aromatic heterocycles. The molecule has 0 saturated carbocycles. The highest BCUT2D eigenvalue weighted by Crippen LogP contribution is 2.01. The predicted octanol–water partition coefficient (Wildman–Crippen LogP) is 2.62. The van der Waals surface area contributed by atoms with Gasteiger partial charge < -0.3 is 10.1 Å². The molecule has 3 heteroatoms. The van der Waals surface area contributed by atoms with E-state index in [0.29, 0.717) is 12.2 Å². The first-order valence-electron chi connectivity index (χ1n) is 6.27. The SMILES string of the molecule is CCCCNCCCOC(=O)c1ccccc1. The maximum Gasteiger partial charge on any atom is 0.338 e. The predicted molar refractivity (Wildman–Crippen MR) is 69.1 cm³/mol. The molecule has 0 bridgehead atoms. The highest BCUT2D eigenvalue weighted by atomic mass is 16.5. The average molecular weight is 235 g/mol. The number of esters is 1. The molecule has 0 unspecified atom stereocenters. The van der Waals surface area contributed by atoms with Gasteiger partial charge in [0.1, 0.15) is 0 Å². The third-order valence-corrected chi connectivity index (χ3v) is 2.45. The third kappa shape index (κ3) is 6.07. The van der Waals surface area contributed by atoms with Crippen LogP contribution in [-0.4, -0.2) is 25.7 Å². The van der Waals surface area contributed by atoms with E-state index in [1.807, 2.05) is 18.2 Å². The molecule has 0 spiro atoms. The van der Waals surface area contributed by atoms with E-state index >= 15 is 0 Å². The molecular formula is C14H21NO2. The van der Waals surface area contributed by atoms with Gasteiger partial charge in [0.15, 0.2) is 0 Å². The van der Waals surface area contributed by atoms with Crippen molar-refractivity contribution in [3.8, 4) is 0 Å². The van der Waals surface area contributed by atoms with Crippen LogP contribution in [0.4, 0.5) is 0 Å². The van der Waals surface area contributed by atoms with Crippen LogP contribution in [0.3, 0.4) is 0 Å². The summed E-state index contributed by atoms with van der Waals surface area (Å²) < 4.78 is 5.16. The Morgan fingerprint density at radius 3 is 2.59 bits per heavy atom. The van der Waals surface area contributed by atoms with Crippen LogP contribution in [0.5, 0.6) is 0 Å². The summed E-state index contributed by atoms with van der Waals surface area (Å²) in [6.45, 7) is 4.60. The summed E-state index contributed by atoms with van der Waals surface area (Å²) in [4.78, 5) is 11.5. The molecule has 1 aromatic carbocycles. The van der Waals surface area contributed by atoms with E-state index in [9.17, 15) is 4.79 Å². The zero-order chi connectivity index (χ0) is 12.3. The van der Waals surface area contributed by atoms with E-state index in [0.717, 1.165) is 19.5 Å². The van der Waals surface area contributed by atoms with Crippen LogP contribution in [0.1, 0.15) is 36.5 Å². The zero-order valence-electron chi connectivity index (χ0n) is 10.4. The van der Waals surface area contributed by atoms with Gasteiger partial charge in [-0.2, -0.15) is 0 Å². The smallest absolute Gasteiger partial charge is 0.338 e. The van der Waals surface area contributed by atoms with E-state index in [-0.39, 0.29) is 5.97 Å². The quantitative estimate of drug-likeness (QED) is 0.556. The van der Waals surface area contributed by atoms with Crippen LogP contribution in [0, 0.1) is 0 Å². The van der Waals surface area contributed by atoms with Crippen LogP contribution < -0.4 is 5.32 Å². The van der Waals surface area contributed by atoms with Crippen molar-refractivity contribution >= 4 is 5.97 Å². The summed E-state index contributed by atoms with van der Waals surface area (Å²) in [6, 6.07) is 9.09. The highest BCUT2D eigenvalue weighted by molar-refractivity contribution is 5.89. The van der Waals surface area contributed by atoms with Crippen LogP contribution in [0.2, 0.25) is 0 Å². The number of hydrogen-bond acceptors (Lipinski definition) is 3. The van der Waals surface area contributed by atoms with Gasteiger partial charge in [0.05, 0.1) is 12.2 Å². The highest BCUT2D eigenvalue weighted by Gasteiger charge is 2.04. The van der Waals surface area contributed by atoms with Crippen LogP contribution in [0.25, 0.3) is 0 Å². The van der Waals surface area contributed by atoms with Crippen LogP contribution in [0.15, 0.2) is 30.3 Å². The minimum absolute atomic E-state index is 0.237. The average Bonchev–Trinajstić information content (AvgIpc) is 2.38. The van der Waals surface area contributed by atoms with Gasteiger partial charge in [0, 0.05) is 0 Å². The monoisotopic (exact) mass is 235 g/mol. The second-order valence-electron chi connectivity index (χ2n) is 3.96. The Labute approximate surface area is 103 Å². The van der Waals surface area contributed by atoms with Crippen molar-refractivity contribution in [2.75, 3.05) is 19.7 Å². The molecule has 0 aliphatic carbocycles. The minimum atomic E-state index is -0.237. The fourth-order valence-electron chi connectivity index (χ4n) is 1.45. The van der Waals surface area contributed by atoms with Crippen molar-refractivity contribution in [1.29, 1.82) is 0 Å². The van der Waals surface area contributed by atoms with Crippen molar-refractivity contribution in [2.24, 2.45) is 0 Å². The lowest BCUT2D eigenvalue weighted by atomic mass is 10.2. The van der Waals surface area contributed by atoms with Crippen molar-refractivity contribution in [1.82, 2.24) is 5.32 Å². The molecule has 0 aliphatic heterocycles. The summed E-state index contributed by atoms with van der Waals surface area (Å²) in [5, 5.41) is 3.31. The van der Waals surface area contributed by atoms with Gasteiger partial charge in [0.2, 0.25) is 0 Å². The maximum atomic E-state index is 11.5. The Balaban J connectivity index is 2.05. The maximum absolute atomic E-state index is 11.5. The molecule has 1 aromatic rings. The molecule has 0 heterocycles. The van der Waals surface area contributed by atoms with E-state index in [4.69, 9.17) is 4.74 Å². The molecule has 0 aliphatic rings. The van der Waals surface area contributed by atoms with E-state index in [1.54, 1.807) is 12.1 Å². The second kappa shape index (κ2) is 8.76. The fourth-order valence-corrected chi connectivity index (χ4v) is 1.45. The number of unbranched alkanes of at least 4 members (excludes halogenated alkanes) is 1. The Kier molecular flexibility index (Phi) is 7.07. The molecular weight excluding hydrogens is 214 g/mol. The van der Waals surface area contributed by atoms with Crippen molar-refractivity contribution in [3.05, 3.63) is 35.9 Å². The summed E-state index contributed by atoms with van der Waals surface area (Å²) >= 11 is 0. The molecule has 3 nitrogen and oxygen atoms in total. The normalized spacial score (nSPS) is 10.2. The largest absolute Gasteiger partial charge is 0.462 e. The molecule has 1 rings (SSSR count). The standard InChI is InChI=1S/C14H21NO2/c1-2-3-10-15-11-7-12-17-14(16)13-8-5-4-6-9-13/h4-6,8-9,15H,2-3,7,10-12H2,1H3. The van der Waals surface area contributed by atoms with Gasteiger partial charge in [-0.3, -0.25) is 0 Å². The van der Waals surface area contributed by atoms with Crippen LogP contribution >= 0.6 is 0 Å². The lowest BCUT2D eigenvalue weighted by Gasteiger charge is -2.05. The molecule has 0 amide bonds. The third-order valence-electron chi connectivity index (χ3n) is 2.45. The minimum Gasteiger partial charge on any atom is -0.462 e. The first-order valence-corrected chi connectivity index (χ1v) is 6.27. The van der Waals surface area contributed by atoms with E-state index in [1.165, 1.54) is 12.8 Å². The number of benzene rings is 1. The zero-order valence-corrected chi connectivity index (χ0v) is 10.4. The van der Waals surface area contributed by atoms with Gasteiger partial charge >= 0.3 is 5.97 Å². The van der Waals surface area contributed by atoms with E-state index < -0.39 is 0 Å². The number of nitrogens with one attached hydrogen (secondary N) is 1. The summed E-state index contributed by atoms with van der Waals surface area (Å²) in [6.07, 6.45) is 3.27. The van der Waals surface area contributed by atoms with Gasteiger partial charge in [-0.25, -0.2) is 4.79 Å². The summed E-state index contributed by atoms with van der Waals surface area (Å²) in [5.41, 5.74) is 0.617. The first-order chi connectivity index (χ1) is 8.34. The van der Waals surface area contributed by atoms with Gasteiger partial charge in [-0.15, -0.1) is 0 Å².